The molecule has 1 amide bonds. The number of aromatic amines is 1. The zero-order valence-corrected chi connectivity index (χ0v) is 10.7. The fraction of sp³-hybridized carbons (Fsp3) is 0.462. The molecule has 1 atom stereocenters. The average molecular weight is 264 g/mol. The summed E-state index contributed by atoms with van der Waals surface area (Å²) in [6.45, 7) is 2.53. The van der Waals surface area contributed by atoms with E-state index in [4.69, 9.17) is 4.74 Å². The fourth-order valence-electron chi connectivity index (χ4n) is 2.24. The molecule has 1 aliphatic rings. The Balaban J connectivity index is 2.18. The number of aromatic nitrogens is 1. The van der Waals surface area contributed by atoms with Gasteiger partial charge in [0.05, 0.1) is 6.61 Å². The Bertz CT molecular complexity index is 537. The van der Waals surface area contributed by atoms with Crippen LogP contribution in [0.3, 0.4) is 0 Å². The van der Waals surface area contributed by atoms with Crippen LogP contribution >= 0.6 is 0 Å². The summed E-state index contributed by atoms with van der Waals surface area (Å²) in [4.78, 5) is 39.2. The highest BCUT2D eigenvalue weighted by atomic mass is 16.5. The van der Waals surface area contributed by atoms with Crippen LogP contribution in [0.15, 0.2) is 23.1 Å². The summed E-state index contributed by atoms with van der Waals surface area (Å²) >= 11 is 0. The van der Waals surface area contributed by atoms with Gasteiger partial charge in [0.2, 0.25) is 5.56 Å². The van der Waals surface area contributed by atoms with Crippen LogP contribution < -0.4 is 5.56 Å². The molecule has 0 saturated carbocycles. The first kappa shape index (κ1) is 13.3. The summed E-state index contributed by atoms with van der Waals surface area (Å²) in [5, 5.41) is 0. The first-order valence-corrected chi connectivity index (χ1v) is 6.30. The SMILES string of the molecule is CCOC(=O)C1CCCN1C(=O)c1cc[nH]c(=O)c1. The molecule has 6 heteroatoms. The summed E-state index contributed by atoms with van der Waals surface area (Å²) in [6, 6.07) is 2.24. The first-order valence-electron chi connectivity index (χ1n) is 6.30. The number of carbonyl (C=O) groups is 2. The maximum Gasteiger partial charge on any atom is 0.328 e. The number of carbonyl (C=O) groups excluding carboxylic acids is 2. The molecule has 0 bridgehead atoms. The van der Waals surface area contributed by atoms with Gasteiger partial charge in [0.25, 0.3) is 5.91 Å². The van der Waals surface area contributed by atoms with Crippen molar-refractivity contribution in [2.75, 3.05) is 13.2 Å². The first-order chi connectivity index (χ1) is 9.13. The lowest BCUT2D eigenvalue weighted by atomic mass is 10.2. The molecule has 1 saturated heterocycles. The predicted octanol–water partition coefficient (Wildman–Crippen LogP) is 0.543. The lowest BCUT2D eigenvalue weighted by Gasteiger charge is -2.22. The number of esters is 1. The van der Waals surface area contributed by atoms with Crippen LogP contribution in [-0.2, 0) is 9.53 Å². The van der Waals surface area contributed by atoms with Gasteiger partial charge in [-0.15, -0.1) is 0 Å². The molecule has 1 fully saturated rings. The molecule has 1 N–H and O–H groups in total. The number of ether oxygens (including phenoxy) is 1. The maximum atomic E-state index is 12.3. The van der Waals surface area contributed by atoms with Gasteiger partial charge >= 0.3 is 5.97 Å². The van der Waals surface area contributed by atoms with E-state index in [2.05, 4.69) is 4.98 Å². The van der Waals surface area contributed by atoms with Crippen molar-refractivity contribution in [3.63, 3.8) is 0 Å². The monoisotopic (exact) mass is 264 g/mol. The smallest absolute Gasteiger partial charge is 0.328 e. The molecule has 0 aliphatic carbocycles. The van der Waals surface area contributed by atoms with Gasteiger partial charge in [0.15, 0.2) is 0 Å². The molecule has 102 valence electrons. The second kappa shape index (κ2) is 5.69. The second-order valence-corrected chi connectivity index (χ2v) is 4.35. The van der Waals surface area contributed by atoms with E-state index in [1.165, 1.54) is 23.2 Å². The minimum absolute atomic E-state index is 0.292. The molecule has 0 radical (unpaired) electrons. The molecule has 2 rings (SSSR count). The maximum absolute atomic E-state index is 12.3. The number of hydrogen-bond acceptors (Lipinski definition) is 4. The summed E-state index contributed by atoms with van der Waals surface area (Å²) in [6.07, 6.45) is 2.79. The summed E-state index contributed by atoms with van der Waals surface area (Å²) in [7, 11) is 0. The predicted molar refractivity (Wildman–Crippen MR) is 67.8 cm³/mol. The molecule has 1 aliphatic heterocycles. The van der Waals surface area contributed by atoms with E-state index in [9.17, 15) is 14.4 Å². The Morgan fingerprint density at radius 2 is 2.32 bits per heavy atom. The summed E-state index contributed by atoms with van der Waals surface area (Å²) in [5.74, 6) is -0.681. The van der Waals surface area contributed by atoms with E-state index < -0.39 is 6.04 Å². The van der Waals surface area contributed by atoms with Crippen molar-refractivity contribution in [2.45, 2.75) is 25.8 Å². The molecule has 0 spiro atoms. The van der Waals surface area contributed by atoms with E-state index in [0.29, 0.717) is 25.1 Å². The largest absolute Gasteiger partial charge is 0.464 e. The number of rotatable bonds is 3. The standard InChI is InChI=1S/C13H16N2O4/c1-2-19-13(18)10-4-3-7-15(10)12(17)9-5-6-14-11(16)8-9/h5-6,8,10H,2-4,7H2,1H3,(H,14,16). The van der Waals surface area contributed by atoms with Crippen LogP contribution in [0, 0.1) is 0 Å². The van der Waals surface area contributed by atoms with Crippen LogP contribution in [-0.4, -0.2) is 41.0 Å². The van der Waals surface area contributed by atoms with E-state index in [-0.39, 0.29) is 17.4 Å². The Morgan fingerprint density at radius 3 is 3.00 bits per heavy atom. The van der Waals surface area contributed by atoms with Crippen LogP contribution in [0.1, 0.15) is 30.1 Å². The number of hydrogen-bond donors (Lipinski definition) is 1. The Kier molecular flexibility index (Phi) is 3.99. The minimum atomic E-state index is -0.535. The molecule has 19 heavy (non-hydrogen) atoms. The van der Waals surface area contributed by atoms with Gasteiger partial charge in [-0.1, -0.05) is 0 Å². The van der Waals surface area contributed by atoms with Gasteiger partial charge in [-0.05, 0) is 25.8 Å². The third-order valence-electron chi connectivity index (χ3n) is 3.09. The van der Waals surface area contributed by atoms with Gasteiger partial charge in [0, 0.05) is 24.4 Å². The zero-order chi connectivity index (χ0) is 13.8. The van der Waals surface area contributed by atoms with Crippen molar-refractivity contribution in [3.05, 3.63) is 34.2 Å². The number of pyridine rings is 1. The lowest BCUT2D eigenvalue weighted by Crippen LogP contribution is -2.41. The van der Waals surface area contributed by atoms with Crippen molar-refractivity contribution in [3.8, 4) is 0 Å². The lowest BCUT2D eigenvalue weighted by molar-refractivity contribution is -0.147. The van der Waals surface area contributed by atoms with E-state index >= 15 is 0 Å². The van der Waals surface area contributed by atoms with Gasteiger partial charge < -0.3 is 14.6 Å². The number of likely N-dealkylation sites (tertiary alicyclic amines) is 1. The summed E-state index contributed by atoms with van der Waals surface area (Å²) in [5.41, 5.74) is -0.0438. The van der Waals surface area contributed by atoms with Crippen LogP contribution in [0.25, 0.3) is 0 Å². The number of nitrogens with one attached hydrogen (secondary N) is 1. The molecular weight excluding hydrogens is 248 g/mol. The van der Waals surface area contributed by atoms with Gasteiger partial charge in [-0.3, -0.25) is 9.59 Å². The van der Waals surface area contributed by atoms with Crippen molar-refractivity contribution < 1.29 is 14.3 Å². The van der Waals surface area contributed by atoms with Gasteiger partial charge in [0.1, 0.15) is 6.04 Å². The average Bonchev–Trinajstić information content (AvgIpc) is 2.87. The molecule has 1 unspecified atom stereocenters. The van der Waals surface area contributed by atoms with Gasteiger partial charge in [-0.25, -0.2) is 4.79 Å². The highest BCUT2D eigenvalue weighted by Crippen LogP contribution is 2.20. The van der Waals surface area contributed by atoms with Crippen molar-refractivity contribution >= 4 is 11.9 Å². The van der Waals surface area contributed by atoms with Crippen molar-refractivity contribution in [1.29, 1.82) is 0 Å². The normalized spacial score (nSPS) is 18.4. The Morgan fingerprint density at radius 1 is 1.53 bits per heavy atom. The molecule has 1 aromatic heterocycles. The molecule has 6 nitrogen and oxygen atoms in total. The third-order valence-corrected chi connectivity index (χ3v) is 3.09. The van der Waals surface area contributed by atoms with Crippen LogP contribution in [0.5, 0.6) is 0 Å². The molecule has 2 heterocycles. The number of nitrogens with zero attached hydrogens (tertiary/aromatic N) is 1. The van der Waals surface area contributed by atoms with E-state index in [1.807, 2.05) is 0 Å². The summed E-state index contributed by atoms with van der Waals surface area (Å²) < 4.78 is 4.97. The van der Waals surface area contributed by atoms with E-state index in [0.717, 1.165) is 6.42 Å². The second-order valence-electron chi connectivity index (χ2n) is 4.35. The Labute approximate surface area is 110 Å². The van der Waals surface area contributed by atoms with E-state index in [1.54, 1.807) is 6.92 Å². The quantitative estimate of drug-likeness (QED) is 0.808. The van der Waals surface area contributed by atoms with Crippen molar-refractivity contribution in [1.82, 2.24) is 9.88 Å². The molecular formula is C13H16N2O4. The van der Waals surface area contributed by atoms with Crippen LogP contribution in [0.4, 0.5) is 0 Å². The van der Waals surface area contributed by atoms with Crippen molar-refractivity contribution in [2.24, 2.45) is 0 Å². The topological polar surface area (TPSA) is 79.5 Å². The highest BCUT2D eigenvalue weighted by molar-refractivity contribution is 5.97. The molecule has 1 aromatic rings. The molecule has 0 aromatic carbocycles. The number of H-pyrrole nitrogens is 1. The highest BCUT2D eigenvalue weighted by Gasteiger charge is 2.35. The van der Waals surface area contributed by atoms with Crippen LogP contribution in [0.2, 0.25) is 0 Å². The minimum Gasteiger partial charge on any atom is -0.464 e. The van der Waals surface area contributed by atoms with Gasteiger partial charge in [-0.2, -0.15) is 0 Å². The fourth-order valence-corrected chi connectivity index (χ4v) is 2.24. The third kappa shape index (κ3) is 2.83. The number of amides is 1. The Hall–Kier alpha value is -2.11. The zero-order valence-electron chi connectivity index (χ0n) is 10.7.